The Morgan fingerprint density at radius 2 is 0.772 bits per heavy atom. The van der Waals surface area contributed by atoms with Crippen LogP contribution in [-0.4, -0.2) is 15.0 Å². The zero-order chi connectivity index (χ0) is 62.7. The Balaban J connectivity index is 1.24. The number of aromatic nitrogens is 3. The van der Waals surface area contributed by atoms with E-state index in [9.17, 15) is 9.60 Å². The normalized spacial score (nSPS) is 19.0. The van der Waals surface area contributed by atoms with E-state index in [4.69, 9.17) is 43.4 Å². The molecule has 4 heterocycles. The molecule has 6 nitrogen and oxygen atoms in total. The average molecular weight is 761 g/mol. The lowest BCUT2D eigenvalue weighted by molar-refractivity contribution is 0.668. The van der Waals surface area contributed by atoms with E-state index in [-0.39, 0.29) is 0 Å². The number of rotatable bonds is 5. The second kappa shape index (κ2) is 12.3. The first kappa shape index (κ1) is 14.3. The molecule has 4 aromatic heterocycles. The molecule has 57 heavy (non-hydrogen) atoms. The van der Waals surface area contributed by atoms with Gasteiger partial charge in [0.15, 0.2) is 17.5 Å². The molecule has 0 amide bonds. The summed E-state index contributed by atoms with van der Waals surface area (Å²) in [5.74, 6) is -2.45. The van der Waals surface area contributed by atoms with Gasteiger partial charge in [-0.1, -0.05) is 127 Å². The van der Waals surface area contributed by atoms with E-state index in [1.807, 2.05) is 0 Å². The second-order valence-electron chi connectivity index (χ2n) is 12.1. The van der Waals surface area contributed by atoms with Gasteiger partial charge in [-0.3, -0.25) is 0 Å². The van der Waals surface area contributed by atoms with E-state index in [0.717, 1.165) is 0 Å². The van der Waals surface area contributed by atoms with E-state index in [1.165, 1.54) is 0 Å². The summed E-state index contributed by atoms with van der Waals surface area (Å²) in [5, 5.41) is -3.14. The Hall–Kier alpha value is -7.83. The van der Waals surface area contributed by atoms with Gasteiger partial charge in [0.25, 0.3) is 0 Å². The molecule has 0 saturated carbocycles. The molecule has 12 aromatic rings. The molecule has 0 radical (unpaired) electrons. The third-order valence-corrected chi connectivity index (χ3v) is 8.90. The standard InChI is InChI=1S/C51H29N3O3/c1-3-13-30(14-4-1)49-52-50(31-15-5-2-6-16-31)54-51(53-49)38-20-12-24-43-47(38)37-26-25-32(28-44(37)57-43)33-27-39(48-36-18-8-10-22-41(36)56-45(48)29-33)34-19-11-23-42-46(34)35-17-7-9-21-40(35)55-42/h1-29H/i1D,2D,3D,4D,5D,6D,7D,8D,9D,10D,11D,12D,13D,14D,15D,16D,17D,18D,19D,20D,21D,22D,23D,24D,25D,26D,27D,28D,29D. The van der Waals surface area contributed by atoms with Crippen molar-refractivity contribution >= 4 is 65.8 Å². The van der Waals surface area contributed by atoms with Crippen molar-refractivity contribution in [2.75, 3.05) is 0 Å². The first-order chi connectivity index (χ1) is 40.3. The fourth-order valence-electron chi connectivity index (χ4n) is 6.51. The predicted octanol–water partition coefficient (Wildman–Crippen LogP) is 13.9. The van der Waals surface area contributed by atoms with Crippen LogP contribution < -0.4 is 0 Å². The summed E-state index contributed by atoms with van der Waals surface area (Å²) in [6.07, 6.45) is 0. The number of para-hydroxylation sites is 2. The van der Waals surface area contributed by atoms with Crippen molar-refractivity contribution in [3.63, 3.8) is 0 Å². The number of nitrogens with zero attached hydrogens (tertiary/aromatic N) is 3. The highest BCUT2D eigenvalue weighted by molar-refractivity contribution is 6.20. The molecule has 0 aliphatic carbocycles. The number of hydrogen-bond donors (Lipinski definition) is 0. The van der Waals surface area contributed by atoms with Crippen LogP contribution in [0, 0.1) is 0 Å². The molecule has 8 aromatic carbocycles. The molecule has 6 heteroatoms. The van der Waals surface area contributed by atoms with Crippen molar-refractivity contribution in [3.8, 4) is 56.4 Å². The lowest BCUT2D eigenvalue weighted by atomic mass is 9.92. The Labute approximate surface area is 366 Å². The monoisotopic (exact) mass is 760 g/mol. The van der Waals surface area contributed by atoms with Gasteiger partial charge in [-0.15, -0.1) is 0 Å². The molecule has 0 spiro atoms. The highest BCUT2D eigenvalue weighted by Gasteiger charge is 2.21. The number of furan rings is 3. The van der Waals surface area contributed by atoms with Crippen LogP contribution in [0.5, 0.6) is 0 Å². The molecule has 0 unspecified atom stereocenters. The molecule has 0 bridgehead atoms. The largest absolute Gasteiger partial charge is 0.456 e. The van der Waals surface area contributed by atoms with Crippen LogP contribution in [0.2, 0.25) is 0 Å². The quantitative estimate of drug-likeness (QED) is 0.174. The van der Waals surface area contributed by atoms with Gasteiger partial charge in [0.1, 0.15) is 33.5 Å². The van der Waals surface area contributed by atoms with Crippen molar-refractivity contribution in [1.29, 1.82) is 0 Å². The van der Waals surface area contributed by atoms with E-state index in [2.05, 4.69) is 15.0 Å². The van der Waals surface area contributed by atoms with Crippen LogP contribution in [0.4, 0.5) is 0 Å². The van der Waals surface area contributed by atoms with Gasteiger partial charge in [0, 0.05) is 49.0 Å². The van der Waals surface area contributed by atoms with E-state index in [0.29, 0.717) is 0 Å². The first-order valence-corrected chi connectivity index (χ1v) is 16.6. The highest BCUT2D eigenvalue weighted by atomic mass is 16.3. The van der Waals surface area contributed by atoms with Crippen LogP contribution in [0.1, 0.15) is 39.8 Å². The summed E-state index contributed by atoms with van der Waals surface area (Å²) in [4.78, 5) is 13.0. The molecule has 0 N–H and O–H groups in total. The SMILES string of the molecule is [2H]c1c([2H])c([2H])c(-c2nc(-c3c([2H])c([2H])c([2H])c([2H])c3[2H])nc(-c3c([2H])c([2H])c([2H])c4oc5c([2H])c(-c6c([2H])c(-c7c([2H])c([2H])c([2H])c8oc9c([2H])c([2H])c([2H])c([2H])c9c78)c7c(oc8c([2H])c([2H])c([2H])c([2H])c87)c6[2H])c([2H])c([2H])c5c34)n2)c([2H])c1[2H]. The van der Waals surface area contributed by atoms with Gasteiger partial charge >= 0.3 is 0 Å². The Morgan fingerprint density at radius 1 is 0.298 bits per heavy atom. The average Bonchev–Trinajstić information content (AvgIpc) is 1.47. The maximum absolute atomic E-state index is 10.1. The van der Waals surface area contributed by atoms with Gasteiger partial charge < -0.3 is 13.3 Å². The highest BCUT2D eigenvalue weighted by Crippen LogP contribution is 2.45. The van der Waals surface area contributed by atoms with Gasteiger partial charge in [0.05, 0.1) is 39.8 Å². The van der Waals surface area contributed by atoms with Crippen molar-refractivity contribution in [2.24, 2.45) is 0 Å². The molecular formula is C51H29N3O3. The molecule has 12 rings (SSSR count). The minimum absolute atomic E-state index is 0.468. The van der Waals surface area contributed by atoms with Crippen LogP contribution in [0.15, 0.2) is 188 Å². The fraction of sp³-hybridized carbons (Fsp3) is 0. The third-order valence-electron chi connectivity index (χ3n) is 8.90. The van der Waals surface area contributed by atoms with Crippen LogP contribution in [-0.2, 0) is 0 Å². The summed E-state index contributed by atoms with van der Waals surface area (Å²) < 4.78 is 277. The molecule has 0 aliphatic heterocycles. The Bertz CT molecular complexity index is 5100. The second-order valence-corrected chi connectivity index (χ2v) is 12.1. The Kier molecular flexibility index (Phi) is 3.11. The summed E-state index contributed by atoms with van der Waals surface area (Å²) in [5.41, 5.74) is -9.08. The third kappa shape index (κ3) is 5.01. The molecular weight excluding hydrogens is 703 g/mol. The Morgan fingerprint density at radius 3 is 1.44 bits per heavy atom. The van der Waals surface area contributed by atoms with Crippen molar-refractivity contribution in [3.05, 3.63) is 175 Å². The van der Waals surface area contributed by atoms with Crippen molar-refractivity contribution < 1.29 is 53.0 Å². The van der Waals surface area contributed by atoms with Crippen LogP contribution in [0.25, 0.3) is 122 Å². The van der Waals surface area contributed by atoms with Gasteiger partial charge in [-0.05, 0) is 70.6 Å². The van der Waals surface area contributed by atoms with E-state index >= 15 is 0 Å². The van der Waals surface area contributed by atoms with Crippen molar-refractivity contribution in [2.45, 2.75) is 0 Å². The lowest BCUT2D eigenvalue weighted by Gasteiger charge is -2.10. The van der Waals surface area contributed by atoms with E-state index in [1.54, 1.807) is 0 Å². The zero-order valence-corrected chi connectivity index (χ0v) is 28.1. The number of benzene rings is 8. The fourth-order valence-corrected chi connectivity index (χ4v) is 6.51. The minimum atomic E-state index is -1.05. The van der Waals surface area contributed by atoms with Crippen LogP contribution in [0.3, 0.4) is 0 Å². The first-order valence-electron chi connectivity index (χ1n) is 31.1. The molecule has 0 atom stereocenters. The number of hydrogen-bond acceptors (Lipinski definition) is 6. The summed E-state index contributed by atoms with van der Waals surface area (Å²) in [7, 11) is 0. The molecule has 0 aliphatic rings. The maximum atomic E-state index is 10.1. The predicted molar refractivity (Wildman–Crippen MR) is 229 cm³/mol. The molecule has 266 valence electrons. The summed E-state index contributed by atoms with van der Waals surface area (Å²) in [6, 6.07) is -25.6. The molecule has 0 fully saturated rings. The van der Waals surface area contributed by atoms with Crippen LogP contribution >= 0.6 is 0 Å². The number of fused-ring (bicyclic) bond motifs is 9. The van der Waals surface area contributed by atoms with Gasteiger partial charge in [-0.25, -0.2) is 15.0 Å². The molecule has 0 saturated heterocycles. The smallest absolute Gasteiger partial charge is 0.164 e. The summed E-state index contributed by atoms with van der Waals surface area (Å²) >= 11 is 0. The lowest BCUT2D eigenvalue weighted by Crippen LogP contribution is -2.00. The van der Waals surface area contributed by atoms with Crippen molar-refractivity contribution in [1.82, 2.24) is 15.0 Å². The maximum Gasteiger partial charge on any atom is 0.164 e. The minimum Gasteiger partial charge on any atom is -0.456 e. The van der Waals surface area contributed by atoms with E-state index < -0.39 is 297 Å². The van der Waals surface area contributed by atoms with Gasteiger partial charge in [0.2, 0.25) is 0 Å². The van der Waals surface area contributed by atoms with Gasteiger partial charge in [-0.2, -0.15) is 0 Å². The topological polar surface area (TPSA) is 78.1 Å². The zero-order valence-electron chi connectivity index (χ0n) is 57.1. The summed E-state index contributed by atoms with van der Waals surface area (Å²) in [6.45, 7) is 0.